The standard InChI is InChI=1S/C21H20FN3O/c1-2-21(26)24-11-3-4-19(14-24)25-13-17-6-5-16(12-20(17)23-25)15-7-9-18(22)10-8-15/h2,5-10,12-13,19H,1,3-4,11,14H2. The summed E-state index contributed by atoms with van der Waals surface area (Å²) in [5.74, 6) is -0.264. The Morgan fingerprint density at radius 2 is 1.96 bits per heavy atom. The summed E-state index contributed by atoms with van der Waals surface area (Å²) in [5, 5.41) is 5.80. The Morgan fingerprint density at radius 1 is 1.19 bits per heavy atom. The first kappa shape index (κ1) is 16.5. The Balaban J connectivity index is 1.62. The SMILES string of the molecule is C=CC(=O)N1CCCC(n2cc3ccc(-c4ccc(F)cc4)cc3n2)C1. The van der Waals surface area contributed by atoms with Gasteiger partial charge < -0.3 is 4.90 Å². The van der Waals surface area contributed by atoms with Crippen LogP contribution in [0.15, 0.2) is 61.3 Å². The molecule has 0 N–H and O–H groups in total. The van der Waals surface area contributed by atoms with Crippen molar-refractivity contribution in [1.82, 2.24) is 14.7 Å². The van der Waals surface area contributed by atoms with Gasteiger partial charge in [-0.05, 0) is 48.2 Å². The normalized spacial score (nSPS) is 17.4. The van der Waals surface area contributed by atoms with Crippen LogP contribution in [0.1, 0.15) is 18.9 Å². The lowest BCUT2D eigenvalue weighted by Gasteiger charge is -2.32. The van der Waals surface area contributed by atoms with Crippen LogP contribution in [0.2, 0.25) is 0 Å². The fraction of sp³-hybridized carbons (Fsp3) is 0.238. The number of piperidine rings is 1. The van der Waals surface area contributed by atoms with Gasteiger partial charge >= 0.3 is 0 Å². The van der Waals surface area contributed by atoms with Crippen LogP contribution in [0, 0.1) is 5.82 Å². The highest BCUT2D eigenvalue weighted by Crippen LogP contribution is 2.27. The first-order valence-electron chi connectivity index (χ1n) is 8.80. The lowest BCUT2D eigenvalue weighted by Crippen LogP contribution is -2.39. The molecule has 1 saturated heterocycles. The van der Waals surface area contributed by atoms with E-state index in [2.05, 4.69) is 6.58 Å². The first-order valence-corrected chi connectivity index (χ1v) is 8.80. The number of likely N-dealkylation sites (tertiary alicyclic amines) is 1. The molecule has 132 valence electrons. The molecule has 0 bridgehead atoms. The Hall–Kier alpha value is -2.95. The number of carbonyl (C=O) groups excluding carboxylic acids is 1. The van der Waals surface area contributed by atoms with Gasteiger partial charge in [-0.1, -0.05) is 30.8 Å². The van der Waals surface area contributed by atoms with Crippen LogP contribution in [0.25, 0.3) is 22.0 Å². The highest BCUT2D eigenvalue weighted by Gasteiger charge is 2.24. The van der Waals surface area contributed by atoms with Crippen molar-refractivity contribution in [3.05, 3.63) is 67.1 Å². The molecule has 1 unspecified atom stereocenters. The van der Waals surface area contributed by atoms with E-state index in [-0.39, 0.29) is 17.8 Å². The number of hydrogen-bond donors (Lipinski definition) is 0. The predicted octanol–water partition coefficient (Wildman–Crippen LogP) is 4.19. The molecule has 1 aromatic heterocycles. The van der Waals surface area contributed by atoms with Crippen LogP contribution in [-0.2, 0) is 4.79 Å². The number of benzene rings is 2. The third kappa shape index (κ3) is 3.12. The van der Waals surface area contributed by atoms with E-state index in [1.807, 2.05) is 34.0 Å². The maximum Gasteiger partial charge on any atom is 0.246 e. The molecule has 4 nitrogen and oxygen atoms in total. The van der Waals surface area contributed by atoms with Gasteiger partial charge in [-0.2, -0.15) is 5.10 Å². The van der Waals surface area contributed by atoms with Crippen LogP contribution in [0.4, 0.5) is 4.39 Å². The zero-order chi connectivity index (χ0) is 18.1. The molecule has 1 fully saturated rings. The molecule has 0 radical (unpaired) electrons. The molecule has 1 aliphatic rings. The van der Waals surface area contributed by atoms with Crippen molar-refractivity contribution in [2.75, 3.05) is 13.1 Å². The summed E-state index contributed by atoms with van der Waals surface area (Å²) in [6.07, 6.45) is 5.37. The van der Waals surface area contributed by atoms with Crippen LogP contribution >= 0.6 is 0 Å². The van der Waals surface area contributed by atoms with Crippen molar-refractivity contribution in [1.29, 1.82) is 0 Å². The van der Waals surface area contributed by atoms with Crippen molar-refractivity contribution in [3.8, 4) is 11.1 Å². The average Bonchev–Trinajstić information content (AvgIpc) is 3.11. The summed E-state index contributed by atoms with van der Waals surface area (Å²) >= 11 is 0. The second kappa shape index (κ2) is 6.75. The zero-order valence-corrected chi connectivity index (χ0v) is 14.4. The summed E-state index contributed by atoms with van der Waals surface area (Å²) in [4.78, 5) is 13.7. The first-order chi connectivity index (χ1) is 12.6. The smallest absolute Gasteiger partial charge is 0.246 e. The average molecular weight is 349 g/mol. The molecular weight excluding hydrogens is 329 g/mol. The Kier molecular flexibility index (Phi) is 4.29. The number of carbonyl (C=O) groups is 1. The van der Waals surface area contributed by atoms with Crippen LogP contribution in [0.5, 0.6) is 0 Å². The topological polar surface area (TPSA) is 38.1 Å². The van der Waals surface area contributed by atoms with E-state index in [1.54, 1.807) is 12.1 Å². The van der Waals surface area contributed by atoms with Gasteiger partial charge in [0, 0.05) is 24.7 Å². The fourth-order valence-electron chi connectivity index (χ4n) is 3.54. The fourth-order valence-corrected chi connectivity index (χ4v) is 3.54. The van der Waals surface area contributed by atoms with Crippen LogP contribution in [0.3, 0.4) is 0 Å². The largest absolute Gasteiger partial charge is 0.337 e. The summed E-state index contributed by atoms with van der Waals surface area (Å²) in [5.41, 5.74) is 2.87. The van der Waals surface area contributed by atoms with Gasteiger partial charge in [-0.25, -0.2) is 4.39 Å². The summed E-state index contributed by atoms with van der Waals surface area (Å²) in [6.45, 7) is 5.01. The number of nitrogens with zero attached hydrogens (tertiary/aromatic N) is 3. The Bertz CT molecular complexity index is 961. The van der Waals surface area contributed by atoms with E-state index >= 15 is 0 Å². The summed E-state index contributed by atoms with van der Waals surface area (Å²) in [6, 6.07) is 12.7. The Labute approximate surface area is 151 Å². The number of amides is 1. The van der Waals surface area contributed by atoms with E-state index < -0.39 is 0 Å². The van der Waals surface area contributed by atoms with E-state index in [0.717, 1.165) is 41.4 Å². The van der Waals surface area contributed by atoms with Crippen molar-refractivity contribution in [2.45, 2.75) is 18.9 Å². The number of fused-ring (bicyclic) bond motifs is 1. The molecule has 1 aliphatic heterocycles. The second-order valence-electron chi connectivity index (χ2n) is 6.67. The summed E-state index contributed by atoms with van der Waals surface area (Å²) in [7, 11) is 0. The van der Waals surface area contributed by atoms with Gasteiger partial charge in [0.05, 0.1) is 11.6 Å². The van der Waals surface area contributed by atoms with E-state index in [1.165, 1.54) is 18.2 Å². The molecule has 5 heteroatoms. The van der Waals surface area contributed by atoms with Crippen molar-refractivity contribution in [3.63, 3.8) is 0 Å². The molecule has 2 aromatic carbocycles. The maximum absolute atomic E-state index is 13.1. The second-order valence-corrected chi connectivity index (χ2v) is 6.67. The molecule has 0 spiro atoms. The quantitative estimate of drug-likeness (QED) is 0.665. The Morgan fingerprint density at radius 3 is 2.73 bits per heavy atom. The highest BCUT2D eigenvalue weighted by molar-refractivity contribution is 5.87. The predicted molar refractivity (Wildman–Crippen MR) is 100 cm³/mol. The molecule has 0 saturated carbocycles. The number of rotatable bonds is 3. The minimum Gasteiger partial charge on any atom is -0.337 e. The van der Waals surface area contributed by atoms with Gasteiger partial charge in [0.15, 0.2) is 0 Å². The lowest BCUT2D eigenvalue weighted by atomic mass is 10.0. The van der Waals surface area contributed by atoms with E-state index in [0.29, 0.717) is 6.54 Å². The molecule has 4 rings (SSSR count). The number of halogens is 1. The van der Waals surface area contributed by atoms with Gasteiger partial charge in [-0.15, -0.1) is 0 Å². The van der Waals surface area contributed by atoms with Gasteiger partial charge in [-0.3, -0.25) is 9.48 Å². The molecule has 1 atom stereocenters. The van der Waals surface area contributed by atoms with E-state index in [9.17, 15) is 9.18 Å². The van der Waals surface area contributed by atoms with Gasteiger partial charge in [0.1, 0.15) is 5.82 Å². The van der Waals surface area contributed by atoms with Gasteiger partial charge in [0.25, 0.3) is 0 Å². The maximum atomic E-state index is 13.1. The minimum absolute atomic E-state index is 0.0231. The van der Waals surface area contributed by atoms with Crippen LogP contribution < -0.4 is 0 Å². The lowest BCUT2D eigenvalue weighted by molar-refractivity contribution is -0.127. The third-order valence-electron chi connectivity index (χ3n) is 4.96. The molecule has 1 amide bonds. The number of aromatic nitrogens is 2. The minimum atomic E-state index is -0.241. The number of hydrogen-bond acceptors (Lipinski definition) is 2. The summed E-state index contributed by atoms with van der Waals surface area (Å²) < 4.78 is 15.1. The molecule has 26 heavy (non-hydrogen) atoms. The van der Waals surface area contributed by atoms with Gasteiger partial charge in [0.2, 0.25) is 5.91 Å². The van der Waals surface area contributed by atoms with Crippen molar-refractivity contribution >= 4 is 16.8 Å². The molecule has 3 aromatic rings. The molecule has 0 aliphatic carbocycles. The third-order valence-corrected chi connectivity index (χ3v) is 4.96. The van der Waals surface area contributed by atoms with E-state index in [4.69, 9.17) is 5.10 Å². The van der Waals surface area contributed by atoms with Crippen LogP contribution in [-0.4, -0.2) is 33.7 Å². The monoisotopic (exact) mass is 349 g/mol. The molecule has 2 heterocycles. The van der Waals surface area contributed by atoms with Crippen molar-refractivity contribution in [2.24, 2.45) is 0 Å². The highest BCUT2D eigenvalue weighted by atomic mass is 19.1. The van der Waals surface area contributed by atoms with Crippen molar-refractivity contribution < 1.29 is 9.18 Å². The zero-order valence-electron chi connectivity index (χ0n) is 14.4. The molecular formula is C21H20FN3O.